The third-order valence-corrected chi connectivity index (χ3v) is 8.20. The Morgan fingerprint density at radius 2 is 2.00 bits per heavy atom. The van der Waals surface area contributed by atoms with Crippen LogP contribution in [0.15, 0.2) is 18.2 Å². The zero-order valence-corrected chi connectivity index (χ0v) is 13.2. The number of amides is 1. The second-order valence-corrected chi connectivity index (χ2v) is 11.2. The number of nitrogens with one attached hydrogen (secondary N) is 1. The standard InChI is InChI=1S/C14H21NO3Si/c1-14(2,3)19(4,5)18-11-7-6-10-8-13(16)15-17-12(10)9-11/h6-7,9H,8H2,1-5H3,(H,15,16). The van der Waals surface area contributed by atoms with Gasteiger partial charge in [-0.2, -0.15) is 5.48 Å². The summed E-state index contributed by atoms with van der Waals surface area (Å²) in [6.07, 6.45) is 0.357. The minimum Gasteiger partial charge on any atom is -0.543 e. The highest BCUT2D eigenvalue weighted by molar-refractivity contribution is 6.74. The Morgan fingerprint density at radius 1 is 1.32 bits per heavy atom. The van der Waals surface area contributed by atoms with Gasteiger partial charge in [0.05, 0.1) is 6.42 Å². The summed E-state index contributed by atoms with van der Waals surface area (Å²) >= 11 is 0. The molecule has 104 valence electrons. The topological polar surface area (TPSA) is 47.6 Å². The number of rotatable bonds is 2. The Balaban J connectivity index is 2.22. The Hall–Kier alpha value is -1.49. The highest BCUT2D eigenvalue weighted by Gasteiger charge is 2.39. The van der Waals surface area contributed by atoms with Crippen LogP contribution in [0.5, 0.6) is 11.5 Å². The van der Waals surface area contributed by atoms with Gasteiger partial charge in [-0.1, -0.05) is 26.8 Å². The van der Waals surface area contributed by atoms with Crippen molar-refractivity contribution in [3.05, 3.63) is 23.8 Å². The first-order chi connectivity index (χ1) is 8.69. The monoisotopic (exact) mass is 279 g/mol. The number of benzene rings is 1. The van der Waals surface area contributed by atoms with Crippen molar-refractivity contribution in [1.82, 2.24) is 5.48 Å². The maximum Gasteiger partial charge on any atom is 0.257 e. The van der Waals surface area contributed by atoms with Crippen molar-refractivity contribution < 1.29 is 14.1 Å². The fraction of sp³-hybridized carbons (Fsp3) is 0.500. The molecule has 0 atom stereocenters. The van der Waals surface area contributed by atoms with Crippen LogP contribution in [0.1, 0.15) is 26.3 Å². The molecular formula is C14H21NO3Si. The molecule has 1 N–H and O–H groups in total. The molecule has 0 spiro atoms. The summed E-state index contributed by atoms with van der Waals surface area (Å²) in [4.78, 5) is 16.4. The van der Waals surface area contributed by atoms with Crippen LogP contribution >= 0.6 is 0 Å². The van der Waals surface area contributed by atoms with E-state index in [4.69, 9.17) is 9.26 Å². The van der Waals surface area contributed by atoms with Gasteiger partial charge in [0, 0.05) is 11.6 Å². The van der Waals surface area contributed by atoms with Crippen LogP contribution in [0, 0.1) is 0 Å². The highest BCUT2D eigenvalue weighted by atomic mass is 28.4. The molecule has 0 saturated carbocycles. The number of carbonyl (C=O) groups is 1. The SMILES string of the molecule is CC(C)(C)[Si](C)(C)Oc1ccc2c(c1)ONC(=O)C2. The minimum absolute atomic E-state index is 0.120. The van der Waals surface area contributed by atoms with E-state index in [1.54, 1.807) is 0 Å². The molecule has 1 aromatic carbocycles. The van der Waals surface area contributed by atoms with Gasteiger partial charge in [0.2, 0.25) is 8.32 Å². The molecule has 0 unspecified atom stereocenters. The molecule has 0 saturated heterocycles. The lowest BCUT2D eigenvalue weighted by atomic mass is 10.1. The van der Waals surface area contributed by atoms with Crippen molar-refractivity contribution in [2.45, 2.75) is 45.3 Å². The molecule has 1 amide bonds. The van der Waals surface area contributed by atoms with Gasteiger partial charge in [0.15, 0.2) is 5.75 Å². The molecule has 0 radical (unpaired) electrons. The molecule has 1 aromatic rings. The van der Waals surface area contributed by atoms with Crippen molar-refractivity contribution in [1.29, 1.82) is 0 Å². The third-order valence-electron chi connectivity index (χ3n) is 3.84. The number of hydrogen-bond acceptors (Lipinski definition) is 3. The van der Waals surface area contributed by atoms with Gasteiger partial charge in [0.25, 0.3) is 5.91 Å². The lowest BCUT2D eigenvalue weighted by Gasteiger charge is -2.36. The van der Waals surface area contributed by atoms with Crippen LogP contribution in [0.2, 0.25) is 18.1 Å². The molecule has 0 fully saturated rings. The van der Waals surface area contributed by atoms with Gasteiger partial charge < -0.3 is 9.26 Å². The van der Waals surface area contributed by atoms with E-state index in [1.807, 2.05) is 18.2 Å². The van der Waals surface area contributed by atoms with E-state index < -0.39 is 8.32 Å². The molecule has 1 aliphatic heterocycles. The van der Waals surface area contributed by atoms with Crippen molar-refractivity contribution >= 4 is 14.2 Å². The Bertz CT molecular complexity index is 506. The van der Waals surface area contributed by atoms with Gasteiger partial charge in [-0.15, -0.1) is 0 Å². The number of fused-ring (bicyclic) bond motifs is 1. The lowest BCUT2D eigenvalue weighted by molar-refractivity contribution is -0.128. The maximum atomic E-state index is 11.2. The van der Waals surface area contributed by atoms with Crippen LogP contribution in [0.25, 0.3) is 0 Å². The van der Waals surface area contributed by atoms with E-state index >= 15 is 0 Å². The molecule has 1 heterocycles. The molecular weight excluding hydrogens is 258 g/mol. The van der Waals surface area contributed by atoms with E-state index in [9.17, 15) is 4.79 Å². The van der Waals surface area contributed by atoms with Crippen molar-refractivity contribution in [2.24, 2.45) is 0 Å². The predicted molar refractivity (Wildman–Crippen MR) is 76.7 cm³/mol. The molecule has 0 bridgehead atoms. The van der Waals surface area contributed by atoms with E-state index in [0.29, 0.717) is 12.2 Å². The minimum atomic E-state index is -1.85. The Morgan fingerprint density at radius 3 is 2.63 bits per heavy atom. The average Bonchev–Trinajstić information content (AvgIpc) is 2.27. The van der Waals surface area contributed by atoms with Crippen molar-refractivity contribution in [3.63, 3.8) is 0 Å². The van der Waals surface area contributed by atoms with Gasteiger partial charge >= 0.3 is 0 Å². The quantitative estimate of drug-likeness (QED) is 0.846. The smallest absolute Gasteiger partial charge is 0.257 e. The molecule has 19 heavy (non-hydrogen) atoms. The molecule has 2 rings (SSSR count). The van der Waals surface area contributed by atoms with Gasteiger partial charge in [-0.05, 0) is 24.2 Å². The molecule has 0 aromatic heterocycles. The first kappa shape index (κ1) is 13.9. The van der Waals surface area contributed by atoms with E-state index in [2.05, 4.69) is 39.3 Å². The van der Waals surface area contributed by atoms with E-state index in [1.165, 1.54) is 0 Å². The van der Waals surface area contributed by atoms with Crippen molar-refractivity contribution in [3.8, 4) is 11.5 Å². The largest absolute Gasteiger partial charge is 0.543 e. The first-order valence-corrected chi connectivity index (χ1v) is 9.37. The predicted octanol–water partition coefficient (Wildman–Crippen LogP) is 3.04. The lowest BCUT2D eigenvalue weighted by Crippen LogP contribution is -2.43. The summed E-state index contributed by atoms with van der Waals surface area (Å²) in [5.41, 5.74) is 3.27. The highest BCUT2D eigenvalue weighted by Crippen LogP contribution is 2.38. The third kappa shape index (κ3) is 2.92. The van der Waals surface area contributed by atoms with Gasteiger partial charge in [-0.25, -0.2) is 0 Å². The van der Waals surface area contributed by atoms with Crippen LogP contribution in [0.3, 0.4) is 0 Å². The number of carbonyl (C=O) groups excluding carboxylic acids is 1. The van der Waals surface area contributed by atoms with Crippen LogP contribution in [-0.2, 0) is 11.2 Å². The van der Waals surface area contributed by atoms with Gasteiger partial charge in [-0.3, -0.25) is 4.79 Å². The Labute approximate surface area is 115 Å². The summed E-state index contributed by atoms with van der Waals surface area (Å²) < 4.78 is 6.21. The van der Waals surface area contributed by atoms with E-state index in [-0.39, 0.29) is 10.9 Å². The summed E-state index contributed by atoms with van der Waals surface area (Å²) in [6, 6.07) is 5.67. The summed E-state index contributed by atoms with van der Waals surface area (Å²) in [6.45, 7) is 11.0. The van der Waals surface area contributed by atoms with Crippen LogP contribution < -0.4 is 14.7 Å². The Kier molecular flexibility index (Phi) is 3.34. The van der Waals surface area contributed by atoms with Crippen molar-refractivity contribution in [2.75, 3.05) is 0 Å². The maximum absolute atomic E-state index is 11.2. The molecule has 4 nitrogen and oxygen atoms in total. The fourth-order valence-electron chi connectivity index (χ4n) is 1.61. The van der Waals surface area contributed by atoms with Gasteiger partial charge in [0.1, 0.15) is 5.75 Å². The summed E-state index contributed by atoms with van der Waals surface area (Å²) in [7, 11) is -1.85. The second-order valence-electron chi connectivity index (χ2n) is 6.44. The summed E-state index contributed by atoms with van der Waals surface area (Å²) in [5.74, 6) is 1.36. The molecule has 0 aliphatic carbocycles. The summed E-state index contributed by atoms with van der Waals surface area (Å²) in [5, 5.41) is 0.151. The number of hydroxylamine groups is 1. The second kappa shape index (κ2) is 4.56. The molecule has 1 aliphatic rings. The first-order valence-electron chi connectivity index (χ1n) is 6.47. The molecule has 5 heteroatoms. The zero-order chi connectivity index (χ0) is 14.3. The zero-order valence-electron chi connectivity index (χ0n) is 12.2. The fourth-order valence-corrected chi connectivity index (χ4v) is 2.63. The number of hydrogen-bond donors (Lipinski definition) is 1. The average molecular weight is 279 g/mol. The van der Waals surface area contributed by atoms with E-state index in [0.717, 1.165) is 11.3 Å². The van der Waals surface area contributed by atoms with Crippen LogP contribution in [-0.4, -0.2) is 14.2 Å². The van der Waals surface area contributed by atoms with Crippen LogP contribution in [0.4, 0.5) is 0 Å². The normalized spacial score (nSPS) is 15.3.